The number of para-hydroxylation sites is 1. The topological polar surface area (TPSA) is 91.1 Å². The van der Waals surface area contributed by atoms with Crippen molar-refractivity contribution in [1.29, 1.82) is 0 Å². The molecule has 8 nitrogen and oxygen atoms in total. The maximum Gasteiger partial charge on any atom is 0.267 e. The SMILES string of the molecule is Cc1ccc(C)c(-n2c(=O)c3ccccc3n3c(SCc4nc(-c5ccsc5)no4)nnc23)c1. The molecule has 6 aromatic rings. The molecule has 0 bridgehead atoms. The van der Waals surface area contributed by atoms with Crippen LogP contribution in [0.4, 0.5) is 0 Å². The van der Waals surface area contributed by atoms with E-state index in [1.807, 2.05) is 77.5 Å². The highest BCUT2D eigenvalue weighted by atomic mass is 32.2. The smallest absolute Gasteiger partial charge is 0.267 e. The molecule has 0 amide bonds. The van der Waals surface area contributed by atoms with Crippen LogP contribution in [-0.4, -0.2) is 29.3 Å². The predicted molar refractivity (Wildman–Crippen MR) is 133 cm³/mol. The Balaban J connectivity index is 1.47. The van der Waals surface area contributed by atoms with Gasteiger partial charge in [-0.2, -0.15) is 16.3 Å². The average Bonchev–Trinajstić information content (AvgIpc) is 3.61. The van der Waals surface area contributed by atoms with Gasteiger partial charge in [-0.15, -0.1) is 10.2 Å². The van der Waals surface area contributed by atoms with Crippen molar-refractivity contribution in [3.8, 4) is 17.1 Å². The largest absolute Gasteiger partial charge is 0.338 e. The molecule has 0 radical (unpaired) electrons. The summed E-state index contributed by atoms with van der Waals surface area (Å²) in [5.41, 5.74) is 4.39. The van der Waals surface area contributed by atoms with E-state index < -0.39 is 0 Å². The van der Waals surface area contributed by atoms with Crippen LogP contribution in [0.15, 0.2) is 73.8 Å². The van der Waals surface area contributed by atoms with Crippen LogP contribution in [0.1, 0.15) is 17.0 Å². The minimum Gasteiger partial charge on any atom is -0.338 e. The van der Waals surface area contributed by atoms with Crippen molar-refractivity contribution in [2.45, 2.75) is 24.8 Å². The van der Waals surface area contributed by atoms with Gasteiger partial charge in [-0.05, 0) is 54.6 Å². The maximum atomic E-state index is 13.6. The second-order valence-corrected chi connectivity index (χ2v) is 9.60. The van der Waals surface area contributed by atoms with Crippen LogP contribution in [0.25, 0.3) is 33.8 Å². The van der Waals surface area contributed by atoms with Gasteiger partial charge in [-0.3, -0.25) is 9.20 Å². The molecule has 0 aliphatic rings. The van der Waals surface area contributed by atoms with Crippen molar-refractivity contribution >= 4 is 39.8 Å². The van der Waals surface area contributed by atoms with E-state index in [4.69, 9.17) is 4.52 Å². The van der Waals surface area contributed by atoms with Crippen LogP contribution in [0.2, 0.25) is 0 Å². The van der Waals surface area contributed by atoms with Crippen molar-refractivity contribution in [2.75, 3.05) is 0 Å². The number of hydrogen-bond acceptors (Lipinski definition) is 8. The first-order chi connectivity index (χ1) is 16.6. The lowest BCUT2D eigenvalue weighted by molar-refractivity contribution is 0.391. The number of aromatic nitrogens is 6. The van der Waals surface area contributed by atoms with E-state index in [2.05, 4.69) is 20.3 Å². The highest BCUT2D eigenvalue weighted by Crippen LogP contribution is 2.27. The van der Waals surface area contributed by atoms with Crippen LogP contribution >= 0.6 is 23.1 Å². The first kappa shape index (κ1) is 20.8. The lowest BCUT2D eigenvalue weighted by Crippen LogP contribution is -2.22. The highest BCUT2D eigenvalue weighted by molar-refractivity contribution is 7.98. The molecule has 168 valence electrons. The van der Waals surface area contributed by atoms with E-state index in [9.17, 15) is 4.79 Å². The van der Waals surface area contributed by atoms with E-state index in [1.54, 1.807) is 15.9 Å². The molecular weight excluding hydrogens is 468 g/mol. The molecule has 4 aromatic heterocycles. The van der Waals surface area contributed by atoms with Gasteiger partial charge in [-0.25, -0.2) is 4.57 Å². The first-order valence-electron chi connectivity index (χ1n) is 10.5. The van der Waals surface area contributed by atoms with E-state index in [0.29, 0.717) is 33.8 Å². The Morgan fingerprint density at radius 1 is 1.09 bits per heavy atom. The summed E-state index contributed by atoms with van der Waals surface area (Å²) in [6.45, 7) is 3.99. The highest BCUT2D eigenvalue weighted by Gasteiger charge is 2.20. The summed E-state index contributed by atoms with van der Waals surface area (Å²) in [6.07, 6.45) is 0. The van der Waals surface area contributed by atoms with E-state index in [-0.39, 0.29) is 5.56 Å². The van der Waals surface area contributed by atoms with Gasteiger partial charge in [0.05, 0.1) is 22.3 Å². The van der Waals surface area contributed by atoms with E-state index >= 15 is 0 Å². The van der Waals surface area contributed by atoms with Gasteiger partial charge in [-0.1, -0.05) is 41.2 Å². The monoisotopic (exact) mass is 486 g/mol. The third kappa shape index (κ3) is 3.42. The van der Waals surface area contributed by atoms with Gasteiger partial charge in [0, 0.05) is 10.9 Å². The van der Waals surface area contributed by atoms with Crippen molar-refractivity contribution < 1.29 is 4.52 Å². The molecule has 10 heteroatoms. The zero-order valence-corrected chi connectivity index (χ0v) is 19.9. The van der Waals surface area contributed by atoms with Gasteiger partial charge in [0.15, 0.2) is 5.16 Å². The van der Waals surface area contributed by atoms with Gasteiger partial charge in [0.1, 0.15) is 0 Å². The summed E-state index contributed by atoms with van der Waals surface area (Å²) in [7, 11) is 0. The predicted octanol–water partition coefficient (Wildman–Crippen LogP) is 5.05. The van der Waals surface area contributed by atoms with Crippen LogP contribution in [0.5, 0.6) is 0 Å². The number of benzene rings is 2. The number of rotatable bonds is 5. The Hall–Kier alpha value is -3.76. The first-order valence-corrected chi connectivity index (χ1v) is 12.5. The summed E-state index contributed by atoms with van der Waals surface area (Å²) in [4.78, 5) is 18.0. The molecule has 0 spiro atoms. The molecule has 2 aromatic carbocycles. The Kier molecular flexibility index (Phi) is 5.04. The number of aryl methyl sites for hydroxylation is 2. The molecule has 0 N–H and O–H groups in total. The third-order valence-corrected chi connectivity index (χ3v) is 7.17. The minimum atomic E-state index is -0.127. The second kappa shape index (κ2) is 8.23. The quantitative estimate of drug-likeness (QED) is 0.315. The van der Waals surface area contributed by atoms with Crippen molar-refractivity contribution in [3.63, 3.8) is 0 Å². The van der Waals surface area contributed by atoms with Crippen LogP contribution < -0.4 is 5.56 Å². The molecule has 4 heterocycles. The summed E-state index contributed by atoms with van der Waals surface area (Å²) in [6, 6.07) is 15.5. The van der Waals surface area contributed by atoms with Crippen molar-refractivity contribution in [1.82, 2.24) is 29.3 Å². The fourth-order valence-electron chi connectivity index (χ4n) is 3.90. The molecule has 0 saturated heterocycles. The molecule has 0 saturated carbocycles. The number of fused-ring (bicyclic) bond motifs is 3. The Bertz CT molecular complexity index is 1720. The molecule has 0 atom stereocenters. The third-order valence-electron chi connectivity index (χ3n) is 5.57. The molecule has 0 aliphatic heterocycles. The summed E-state index contributed by atoms with van der Waals surface area (Å²) in [5, 5.41) is 18.1. The van der Waals surface area contributed by atoms with Gasteiger partial charge >= 0.3 is 0 Å². The number of hydrogen-bond donors (Lipinski definition) is 0. The Morgan fingerprint density at radius 2 is 1.97 bits per heavy atom. The average molecular weight is 487 g/mol. The van der Waals surface area contributed by atoms with Crippen LogP contribution in [-0.2, 0) is 5.75 Å². The van der Waals surface area contributed by atoms with Gasteiger partial charge in [0.25, 0.3) is 5.56 Å². The molecule has 6 rings (SSSR count). The molecule has 0 aliphatic carbocycles. The molecular formula is C24H18N6O2S2. The van der Waals surface area contributed by atoms with Crippen LogP contribution in [0, 0.1) is 13.8 Å². The lowest BCUT2D eigenvalue weighted by Gasteiger charge is -2.13. The molecule has 34 heavy (non-hydrogen) atoms. The zero-order chi connectivity index (χ0) is 23.2. The fraction of sp³-hybridized carbons (Fsp3) is 0.125. The van der Waals surface area contributed by atoms with Crippen molar-refractivity contribution in [2.24, 2.45) is 0 Å². The zero-order valence-electron chi connectivity index (χ0n) is 18.3. The van der Waals surface area contributed by atoms with E-state index in [1.165, 1.54) is 11.8 Å². The summed E-state index contributed by atoms with van der Waals surface area (Å²) < 4.78 is 9.00. The molecule has 0 unspecified atom stereocenters. The van der Waals surface area contributed by atoms with Crippen LogP contribution in [0.3, 0.4) is 0 Å². The van der Waals surface area contributed by atoms with Gasteiger partial charge < -0.3 is 4.52 Å². The second-order valence-electron chi connectivity index (χ2n) is 7.88. The Labute approximate surface area is 201 Å². The maximum absolute atomic E-state index is 13.6. The molecule has 0 fully saturated rings. The number of thioether (sulfide) groups is 1. The fourth-order valence-corrected chi connectivity index (χ4v) is 5.31. The minimum absolute atomic E-state index is 0.127. The van der Waals surface area contributed by atoms with Crippen molar-refractivity contribution in [3.05, 3.63) is 86.7 Å². The lowest BCUT2D eigenvalue weighted by atomic mass is 10.1. The standard InChI is InChI=1S/C24H18N6O2S2/c1-14-7-8-15(2)19(11-14)29-22(31)17-5-3-4-6-18(17)30-23(29)26-27-24(30)34-13-20-25-21(28-32-20)16-9-10-33-12-16/h3-12H,13H2,1-2H3. The number of thiophene rings is 1. The Morgan fingerprint density at radius 3 is 2.82 bits per heavy atom. The number of nitrogens with zero attached hydrogens (tertiary/aromatic N) is 6. The van der Waals surface area contributed by atoms with Gasteiger partial charge in [0.2, 0.25) is 17.5 Å². The van der Waals surface area contributed by atoms with E-state index in [0.717, 1.165) is 27.9 Å². The normalized spacial score (nSPS) is 11.6. The summed E-state index contributed by atoms with van der Waals surface area (Å²) >= 11 is 3.02. The summed E-state index contributed by atoms with van der Waals surface area (Å²) in [5.74, 6) is 1.95.